The van der Waals surface area contributed by atoms with Gasteiger partial charge in [-0.3, -0.25) is 4.90 Å². The van der Waals surface area contributed by atoms with Crippen LogP contribution in [0.5, 0.6) is 0 Å². The molecule has 1 aliphatic carbocycles. The quantitative estimate of drug-likeness (QED) is 0.469. The lowest BCUT2D eigenvalue weighted by Crippen LogP contribution is -2.44. The van der Waals surface area contributed by atoms with Crippen molar-refractivity contribution < 1.29 is 19.1 Å². The third kappa shape index (κ3) is 5.56. The van der Waals surface area contributed by atoms with Gasteiger partial charge in [0, 0.05) is 30.8 Å². The molecule has 36 heavy (non-hydrogen) atoms. The molecular weight excluding hydrogens is 482 g/mol. The van der Waals surface area contributed by atoms with E-state index in [0.29, 0.717) is 29.7 Å². The first-order valence-corrected chi connectivity index (χ1v) is 13.0. The molecule has 2 amide bonds. The van der Waals surface area contributed by atoms with E-state index in [1.165, 1.54) is 0 Å². The van der Waals surface area contributed by atoms with E-state index < -0.39 is 17.3 Å². The summed E-state index contributed by atoms with van der Waals surface area (Å²) in [6.45, 7) is 16.5. The summed E-state index contributed by atoms with van der Waals surface area (Å²) in [4.78, 5) is 34.2. The zero-order valence-electron chi connectivity index (χ0n) is 22.5. The molecule has 0 spiro atoms. The van der Waals surface area contributed by atoms with Crippen molar-refractivity contribution in [2.75, 3.05) is 18.0 Å². The normalized spacial score (nSPS) is 22.3. The second kappa shape index (κ2) is 9.39. The highest BCUT2D eigenvalue weighted by atomic mass is 35.5. The molecule has 2 atom stereocenters. The first-order valence-electron chi connectivity index (χ1n) is 12.7. The SMILES string of the molecule is CC(C)c1cnn2c(N(C(=O)OC(C)(C)C)C3CC4CN(C(=O)OC(C)(C)C)CC4C3)cc(Cl)nc12. The molecule has 0 aromatic carbocycles. The van der Waals surface area contributed by atoms with Crippen LogP contribution in [0.2, 0.25) is 5.15 Å². The van der Waals surface area contributed by atoms with Gasteiger partial charge in [-0.1, -0.05) is 25.4 Å². The van der Waals surface area contributed by atoms with Gasteiger partial charge in [-0.15, -0.1) is 0 Å². The molecule has 2 aromatic rings. The van der Waals surface area contributed by atoms with Crippen LogP contribution in [0.1, 0.15) is 79.7 Å². The fourth-order valence-electron chi connectivity index (χ4n) is 5.21. The van der Waals surface area contributed by atoms with Crippen molar-refractivity contribution in [2.24, 2.45) is 11.8 Å². The topological polar surface area (TPSA) is 89.3 Å². The highest BCUT2D eigenvalue weighted by Gasteiger charge is 2.47. The summed E-state index contributed by atoms with van der Waals surface area (Å²) in [6.07, 6.45) is 2.54. The van der Waals surface area contributed by atoms with E-state index >= 15 is 0 Å². The number of nitrogens with zero attached hydrogens (tertiary/aromatic N) is 5. The minimum absolute atomic E-state index is 0.121. The van der Waals surface area contributed by atoms with Crippen LogP contribution >= 0.6 is 11.6 Å². The maximum Gasteiger partial charge on any atom is 0.416 e. The first-order chi connectivity index (χ1) is 16.6. The molecule has 2 aliphatic rings. The van der Waals surface area contributed by atoms with Crippen molar-refractivity contribution in [2.45, 2.75) is 91.4 Å². The maximum atomic E-state index is 13.6. The lowest BCUT2D eigenvalue weighted by atomic mass is 10.0. The van der Waals surface area contributed by atoms with Crippen LogP contribution in [-0.2, 0) is 9.47 Å². The van der Waals surface area contributed by atoms with Gasteiger partial charge in [0.05, 0.1) is 6.20 Å². The Morgan fingerprint density at radius 3 is 2.17 bits per heavy atom. The van der Waals surface area contributed by atoms with Gasteiger partial charge in [0.25, 0.3) is 0 Å². The number of anilines is 1. The molecular formula is C26H38ClN5O4. The fourth-order valence-corrected chi connectivity index (χ4v) is 5.39. The molecule has 9 nitrogen and oxygen atoms in total. The molecule has 2 unspecified atom stereocenters. The molecule has 1 saturated heterocycles. The summed E-state index contributed by atoms with van der Waals surface area (Å²) in [5.41, 5.74) is 0.394. The van der Waals surface area contributed by atoms with Crippen molar-refractivity contribution in [3.05, 3.63) is 23.0 Å². The minimum atomic E-state index is -0.666. The van der Waals surface area contributed by atoms with Crippen LogP contribution in [0.4, 0.5) is 15.4 Å². The molecule has 2 fully saturated rings. The van der Waals surface area contributed by atoms with Crippen LogP contribution in [-0.4, -0.2) is 62.0 Å². The Balaban J connectivity index is 1.64. The van der Waals surface area contributed by atoms with Crippen LogP contribution in [0.3, 0.4) is 0 Å². The molecule has 2 aromatic heterocycles. The molecule has 3 heterocycles. The van der Waals surface area contributed by atoms with Crippen molar-refractivity contribution in [3.8, 4) is 0 Å². The van der Waals surface area contributed by atoms with Crippen molar-refractivity contribution in [1.82, 2.24) is 19.5 Å². The fraction of sp³-hybridized carbons (Fsp3) is 0.692. The van der Waals surface area contributed by atoms with E-state index in [-0.39, 0.29) is 29.9 Å². The van der Waals surface area contributed by atoms with Gasteiger partial charge in [-0.2, -0.15) is 9.61 Å². The minimum Gasteiger partial charge on any atom is -0.444 e. The predicted molar refractivity (Wildman–Crippen MR) is 139 cm³/mol. The monoisotopic (exact) mass is 519 g/mol. The third-order valence-corrected chi connectivity index (χ3v) is 6.84. The van der Waals surface area contributed by atoms with Gasteiger partial charge in [-0.25, -0.2) is 14.6 Å². The number of halogens is 1. The van der Waals surface area contributed by atoms with E-state index in [9.17, 15) is 9.59 Å². The molecule has 198 valence electrons. The summed E-state index contributed by atoms with van der Waals surface area (Å²) >= 11 is 6.46. The average Bonchev–Trinajstić information content (AvgIpc) is 3.38. The molecule has 0 N–H and O–H groups in total. The lowest BCUT2D eigenvalue weighted by Gasteiger charge is -2.32. The number of likely N-dealkylation sites (tertiary alicyclic amines) is 1. The second-order valence-corrected chi connectivity index (χ2v) is 12.7. The molecule has 1 aliphatic heterocycles. The summed E-state index contributed by atoms with van der Waals surface area (Å²) in [5, 5.41) is 4.86. The summed E-state index contributed by atoms with van der Waals surface area (Å²) in [7, 11) is 0. The van der Waals surface area contributed by atoms with E-state index in [1.807, 2.05) is 41.5 Å². The third-order valence-electron chi connectivity index (χ3n) is 6.65. The molecule has 10 heteroatoms. The highest BCUT2D eigenvalue weighted by Crippen LogP contribution is 2.42. The van der Waals surface area contributed by atoms with Crippen molar-refractivity contribution >= 4 is 35.3 Å². The number of hydrogen-bond acceptors (Lipinski definition) is 6. The number of carbonyl (C=O) groups is 2. The van der Waals surface area contributed by atoms with Gasteiger partial charge in [0.2, 0.25) is 0 Å². The summed E-state index contributed by atoms with van der Waals surface area (Å²) in [6, 6.07) is 1.56. The van der Waals surface area contributed by atoms with Gasteiger partial charge < -0.3 is 14.4 Å². The average molecular weight is 520 g/mol. The van der Waals surface area contributed by atoms with E-state index in [2.05, 4.69) is 23.9 Å². The Morgan fingerprint density at radius 2 is 1.64 bits per heavy atom. The number of carbonyl (C=O) groups excluding carboxylic acids is 2. The van der Waals surface area contributed by atoms with Gasteiger partial charge in [0.1, 0.15) is 22.2 Å². The predicted octanol–water partition coefficient (Wildman–Crippen LogP) is 5.89. The van der Waals surface area contributed by atoms with Gasteiger partial charge in [0.15, 0.2) is 5.65 Å². The van der Waals surface area contributed by atoms with Crippen LogP contribution in [0.15, 0.2) is 12.3 Å². The Labute approximate surface area is 218 Å². The molecule has 1 saturated carbocycles. The number of rotatable bonds is 3. The largest absolute Gasteiger partial charge is 0.444 e. The van der Waals surface area contributed by atoms with Crippen LogP contribution in [0.25, 0.3) is 5.65 Å². The zero-order chi connectivity index (χ0) is 26.6. The molecule has 4 rings (SSSR count). The number of hydrogen-bond donors (Lipinski definition) is 0. The summed E-state index contributed by atoms with van der Waals surface area (Å²) < 4.78 is 13.1. The van der Waals surface area contributed by atoms with E-state index in [1.54, 1.807) is 26.6 Å². The standard InChI is InChI=1S/C26H38ClN5O4/c1-15(2)19-12-28-32-21(11-20(27)29-22(19)32)31(24(34)36-26(6,7)8)18-9-16-13-30(14-17(16)10-18)23(33)35-25(3,4)5/h11-12,15-18H,9-10,13-14H2,1-8H3. The smallest absolute Gasteiger partial charge is 0.416 e. The number of aromatic nitrogens is 3. The van der Waals surface area contributed by atoms with Crippen molar-refractivity contribution in [3.63, 3.8) is 0 Å². The second-order valence-electron chi connectivity index (χ2n) is 12.3. The first kappa shape index (κ1) is 26.5. The number of fused-ring (bicyclic) bond motifs is 2. The zero-order valence-corrected chi connectivity index (χ0v) is 23.3. The maximum absolute atomic E-state index is 13.6. The van der Waals surface area contributed by atoms with Gasteiger partial charge in [-0.05, 0) is 72.1 Å². The van der Waals surface area contributed by atoms with Crippen LogP contribution < -0.4 is 4.90 Å². The van der Waals surface area contributed by atoms with Gasteiger partial charge >= 0.3 is 12.2 Å². The Bertz CT molecular complexity index is 1140. The molecule has 0 radical (unpaired) electrons. The lowest BCUT2D eigenvalue weighted by molar-refractivity contribution is 0.0276. The summed E-state index contributed by atoms with van der Waals surface area (Å²) in [5.74, 6) is 1.27. The number of ether oxygens (including phenoxy) is 2. The Morgan fingerprint density at radius 1 is 1.06 bits per heavy atom. The molecule has 0 bridgehead atoms. The van der Waals surface area contributed by atoms with E-state index in [4.69, 9.17) is 21.1 Å². The van der Waals surface area contributed by atoms with E-state index in [0.717, 1.165) is 18.4 Å². The Kier molecular flexibility index (Phi) is 6.92. The van der Waals surface area contributed by atoms with Crippen molar-refractivity contribution in [1.29, 1.82) is 0 Å². The highest BCUT2D eigenvalue weighted by molar-refractivity contribution is 6.29. The number of amides is 2. The van der Waals surface area contributed by atoms with Crippen LogP contribution in [0, 0.1) is 11.8 Å². The Hall–Kier alpha value is -2.55.